The van der Waals surface area contributed by atoms with Gasteiger partial charge in [0.25, 0.3) is 0 Å². The van der Waals surface area contributed by atoms with E-state index in [2.05, 4.69) is 10.1 Å². The van der Waals surface area contributed by atoms with Crippen molar-refractivity contribution in [3.8, 4) is 27.4 Å². The summed E-state index contributed by atoms with van der Waals surface area (Å²) >= 11 is 1.53. The molecule has 0 aromatic carbocycles. The van der Waals surface area contributed by atoms with Crippen molar-refractivity contribution < 1.29 is 9.26 Å². The van der Waals surface area contributed by atoms with Gasteiger partial charge in [0.05, 0.1) is 17.6 Å². The van der Waals surface area contributed by atoms with Crippen LogP contribution in [0.3, 0.4) is 0 Å². The number of hydrogen-bond donors (Lipinski definition) is 1. The van der Waals surface area contributed by atoms with Crippen LogP contribution in [0.25, 0.3) is 21.7 Å². The topological polar surface area (TPSA) is 74.2 Å². The molecule has 0 bridgehead atoms. The van der Waals surface area contributed by atoms with Gasteiger partial charge >= 0.3 is 0 Å². The summed E-state index contributed by atoms with van der Waals surface area (Å²) in [5.74, 6) is 1.03. The minimum atomic E-state index is 0.276. The molecule has 0 saturated carbocycles. The van der Waals surface area contributed by atoms with Gasteiger partial charge in [-0.05, 0) is 17.5 Å². The summed E-state index contributed by atoms with van der Waals surface area (Å²) in [7, 11) is 1.62. The molecule has 0 saturated heterocycles. The van der Waals surface area contributed by atoms with Gasteiger partial charge in [-0.3, -0.25) is 4.98 Å². The molecule has 19 heavy (non-hydrogen) atoms. The number of hydrogen-bond acceptors (Lipinski definition) is 6. The van der Waals surface area contributed by atoms with E-state index >= 15 is 0 Å². The number of nitrogens with zero attached hydrogens (tertiary/aromatic N) is 2. The first kappa shape index (κ1) is 11.7. The lowest BCUT2D eigenvalue weighted by atomic mass is 10.1. The Hall–Kier alpha value is -2.34. The minimum Gasteiger partial charge on any atom is -0.495 e. The molecule has 3 rings (SSSR count). The van der Waals surface area contributed by atoms with Crippen molar-refractivity contribution in [3.05, 3.63) is 36.0 Å². The second kappa shape index (κ2) is 4.74. The maximum atomic E-state index is 5.88. The van der Waals surface area contributed by atoms with E-state index in [0.717, 1.165) is 21.8 Å². The molecule has 3 heterocycles. The van der Waals surface area contributed by atoms with E-state index in [1.165, 1.54) is 11.3 Å². The van der Waals surface area contributed by atoms with Gasteiger partial charge in [0.1, 0.15) is 11.4 Å². The van der Waals surface area contributed by atoms with Crippen LogP contribution in [0.1, 0.15) is 0 Å². The molecule has 3 aromatic rings. The predicted molar refractivity (Wildman–Crippen MR) is 74.0 cm³/mol. The van der Waals surface area contributed by atoms with Crippen molar-refractivity contribution in [3.63, 3.8) is 0 Å². The highest BCUT2D eigenvalue weighted by Crippen LogP contribution is 2.42. The van der Waals surface area contributed by atoms with Crippen LogP contribution < -0.4 is 10.5 Å². The Morgan fingerprint density at radius 2 is 2.26 bits per heavy atom. The van der Waals surface area contributed by atoms with Crippen molar-refractivity contribution >= 4 is 17.2 Å². The van der Waals surface area contributed by atoms with E-state index in [-0.39, 0.29) is 5.88 Å². The zero-order chi connectivity index (χ0) is 13.2. The predicted octanol–water partition coefficient (Wildman–Crippen LogP) is 3.06. The minimum absolute atomic E-state index is 0.276. The van der Waals surface area contributed by atoms with Gasteiger partial charge in [-0.1, -0.05) is 11.2 Å². The quantitative estimate of drug-likeness (QED) is 0.793. The Kier molecular flexibility index (Phi) is 2.92. The first-order chi connectivity index (χ1) is 9.31. The third kappa shape index (κ3) is 1.96. The Balaban J connectivity index is 2.20. The smallest absolute Gasteiger partial charge is 0.230 e. The van der Waals surface area contributed by atoms with E-state index in [0.29, 0.717) is 5.69 Å². The fraction of sp³-hybridized carbons (Fsp3) is 0.0769. The zero-order valence-electron chi connectivity index (χ0n) is 10.2. The summed E-state index contributed by atoms with van der Waals surface area (Å²) in [6, 6.07) is 5.65. The van der Waals surface area contributed by atoms with Gasteiger partial charge in [-0.25, -0.2) is 0 Å². The van der Waals surface area contributed by atoms with Gasteiger partial charge < -0.3 is 15.0 Å². The number of ether oxygens (including phenoxy) is 1. The van der Waals surface area contributed by atoms with Crippen LogP contribution in [0.2, 0.25) is 0 Å². The number of anilines is 1. The van der Waals surface area contributed by atoms with Gasteiger partial charge in [0, 0.05) is 18.0 Å². The highest BCUT2D eigenvalue weighted by molar-refractivity contribution is 7.14. The van der Waals surface area contributed by atoms with Gasteiger partial charge in [-0.2, -0.15) is 0 Å². The number of thiophene rings is 1. The molecule has 5 nitrogen and oxygen atoms in total. The molecule has 3 aromatic heterocycles. The van der Waals surface area contributed by atoms with E-state index in [1.807, 2.05) is 23.6 Å². The maximum Gasteiger partial charge on any atom is 0.230 e. The average Bonchev–Trinajstić information content (AvgIpc) is 3.05. The lowest BCUT2D eigenvalue weighted by molar-refractivity contribution is 0.416. The summed E-state index contributed by atoms with van der Waals surface area (Å²) in [4.78, 5) is 4.98. The molecule has 6 heteroatoms. The Morgan fingerprint density at radius 1 is 1.37 bits per heavy atom. The lowest BCUT2D eigenvalue weighted by Crippen LogP contribution is -1.88. The molecule has 0 amide bonds. The Bertz CT molecular complexity index is 691. The third-order valence-corrected chi connectivity index (χ3v) is 3.64. The number of nitrogens with two attached hydrogens (primary N) is 1. The molecule has 0 aliphatic carbocycles. The van der Waals surface area contributed by atoms with E-state index in [1.54, 1.807) is 19.5 Å². The molecular formula is C13H11N3O2S. The fourth-order valence-corrected chi connectivity index (χ4v) is 2.72. The highest BCUT2D eigenvalue weighted by atomic mass is 32.1. The standard InChI is InChI=1S/C13H11N3O2S/c1-17-9-4-6-19-12(9)11-10(13(14)18-16-11)8-3-2-5-15-7-8/h2-7H,14H2,1H3. The third-order valence-electron chi connectivity index (χ3n) is 2.73. The lowest BCUT2D eigenvalue weighted by Gasteiger charge is -2.02. The van der Waals surface area contributed by atoms with Crippen LogP contribution in [-0.4, -0.2) is 17.3 Å². The monoisotopic (exact) mass is 273 g/mol. The zero-order valence-corrected chi connectivity index (χ0v) is 11.0. The Labute approximate surface area is 113 Å². The summed E-state index contributed by atoms with van der Waals surface area (Å²) < 4.78 is 10.4. The molecule has 0 unspecified atom stereocenters. The van der Waals surface area contributed by atoms with Crippen molar-refractivity contribution in [1.29, 1.82) is 0 Å². The molecule has 0 aliphatic rings. The number of rotatable bonds is 3. The summed E-state index contributed by atoms with van der Waals surface area (Å²) in [5.41, 5.74) is 8.17. The van der Waals surface area contributed by atoms with Gasteiger partial charge in [-0.15, -0.1) is 11.3 Å². The van der Waals surface area contributed by atoms with Crippen molar-refractivity contribution in [2.45, 2.75) is 0 Å². The van der Waals surface area contributed by atoms with Crippen LogP contribution >= 0.6 is 11.3 Å². The molecule has 0 radical (unpaired) electrons. The molecule has 0 spiro atoms. The molecule has 0 atom stereocenters. The largest absolute Gasteiger partial charge is 0.495 e. The highest BCUT2D eigenvalue weighted by Gasteiger charge is 2.21. The first-order valence-corrected chi connectivity index (χ1v) is 6.46. The summed E-state index contributed by atoms with van der Waals surface area (Å²) in [6.45, 7) is 0. The van der Waals surface area contributed by atoms with Crippen molar-refractivity contribution in [2.75, 3.05) is 12.8 Å². The van der Waals surface area contributed by atoms with Crippen LogP contribution in [0, 0.1) is 0 Å². The normalized spacial score (nSPS) is 10.6. The van der Waals surface area contributed by atoms with Gasteiger partial charge in [0.15, 0.2) is 0 Å². The van der Waals surface area contributed by atoms with Crippen LogP contribution in [-0.2, 0) is 0 Å². The van der Waals surface area contributed by atoms with E-state index < -0.39 is 0 Å². The van der Waals surface area contributed by atoms with Crippen LogP contribution in [0.5, 0.6) is 5.75 Å². The molecule has 2 N–H and O–H groups in total. The van der Waals surface area contributed by atoms with Crippen molar-refractivity contribution in [2.24, 2.45) is 0 Å². The van der Waals surface area contributed by atoms with E-state index in [9.17, 15) is 0 Å². The SMILES string of the molecule is COc1ccsc1-c1noc(N)c1-c1cccnc1. The van der Waals surface area contributed by atoms with Gasteiger partial charge in [0.2, 0.25) is 5.88 Å². The Morgan fingerprint density at radius 3 is 3.00 bits per heavy atom. The summed E-state index contributed by atoms with van der Waals surface area (Å²) in [5, 5.41) is 5.98. The molecule has 0 aliphatic heterocycles. The number of methoxy groups -OCH3 is 1. The molecule has 0 fully saturated rings. The van der Waals surface area contributed by atoms with E-state index in [4.69, 9.17) is 15.0 Å². The first-order valence-electron chi connectivity index (χ1n) is 5.58. The maximum absolute atomic E-state index is 5.88. The average molecular weight is 273 g/mol. The second-order valence-electron chi connectivity index (χ2n) is 3.83. The molecular weight excluding hydrogens is 262 g/mol. The van der Waals surface area contributed by atoms with Crippen molar-refractivity contribution in [1.82, 2.24) is 10.1 Å². The number of pyridine rings is 1. The fourth-order valence-electron chi connectivity index (χ4n) is 1.88. The van der Waals surface area contributed by atoms with Crippen LogP contribution in [0.4, 0.5) is 5.88 Å². The molecule has 96 valence electrons. The summed E-state index contributed by atoms with van der Waals surface area (Å²) in [6.07, 6.45) is 3.44. The second-order valence-corrected chi connectivity index (χ2v) is 4.75. The number of aromatic nitrogens is 2. The van der Waals surface area contributed by atoms with Crippen LogP contribution in [0.15, 0.2) is 40.5 Å². The number of nitrogen functional groups attached to an aromatic ring is 1.